The normalized spacial score (nSPS) is 9.94. The molecule has 6 heteroatoms. The highest BCUT2D eigenvalue weighted by molar-refractivity contribution is 5.85. The van der Waals surface area contributed by atoms with Gasteiger partial charge >= 0.3 is 5.97 Å². The Bertz CT molecular complexity index is 557. The molecule has 0 saturated carbocycles. The zero-order chi connectivity index (χ0) is 12.3. The van der Waals surface area contributed by atoms with Crippen molar-refractivity contribution in [2.45, 2.75) is 6.92 Å². The minimum atomic E-state index is -1.11. The maximum absolute atomic E-state index is 10.7. The molecule has 2 heterocycles. The first-order valence-electron chi connectivity index (χ1n) is 4.90. The second-order valence-corrected chi connectivity index (χ2v) is 3.41. The quantitative estimate of drug-likeness (QED) is 0.833. The number of anilines is 2. The van der Waals surface area contributed by atoms with E-state index < -0.39 is 5.97 Å². The molecule has 0 aliphatic carbocycles. The van der Waals surface area contributed by atoms with E-state index in [2.05, 4.69) is 20.3 Å². The van der Waals surface area contributed by atoms with E-state index in [0.29, 0.717) is 5.82 Å². The molecule has 0 aliphatic rings. The number of carboxylic acid groups (broad SMARTS) is 1. The lowest BCUT2D eigenvalue weighted by molar-refractivity contribution is 0.0690. The first kappa shape index (κ1) is 11.0. The standard InChI is InChI=1S/C11H10N4O2/c1-7-2-3-12-4-8(7)14-10-6-13-5-9(15-10)11(16)17/h2-6H,1H3,(H,14,15)(H,16,17). The van der Waals surface area contributed by atoms with Gasteiger partial charge < -0.3 is 10.4 Å². The molecule has 0 aliphatic heterocycles. The summed E-state index contributed by atoms with van der Waals surface area (Å²) in [5.41, 5.74) is 1.66. The molecule has 0 aromatic carbocycles. The third-order valence-corrected chi connectivity index (χ3v) is 2.16. The number of aromatic nitrogens is 3. The van der Waals surface area contributed by atoms with Crippen LogP contribution in [0.25, 0.3) is 0 Å². The predicted molar refractivity (Wildman–Crippen MR) is 61.2 cm³/mol. The molecule has 0 radical (unpaired) electrons. The fourth-order valence-corrected chi connectivity index (χ4v) is 1.26. The van der Waals surface area contributed by atoms with E-state index in [1.165, 1.54) is 12.4 Å². The van der Waals surface area contributed by atoms with Crippen LogP contribution >= 0.6 is 0 Å². The zero-order valence-electron chi connectivity index (χ0n) is 9.08. The van der Waals surface area contributed by atoms with Gasteiger partial charge in [0.2, 0.25) is 0 Å². The smallest absolute Gasteiger partial charge is 0.356 e. The molecule has 2 rings (SSSR count). The Morgan fingerprint density at radius 3 is 2.82 bits per heavy atom. The van der Waals surface area contributed by atoms with E-state index >= 15 is 0 Å². The van der Waals surface area contributed by atoms with Gasteiger partial charge in [0.15, 0.2) is 5.69 Å². The minimum Gasteiger partial charge on any atom is -0.476 e. The lowest BCUT2D eigenvalue weighted by atomic mass is 10.2. The van der Waals surface area contributed by atoms with Crippen LogP contribution in [0.3, 0.4) is 0 Å². The summed E-state index contributed by atoms with van der Waals surface area (Å²) in [7, 11) is 0. The number of carbonyl (C=O) groups is 1. The van der Waals surface area contributed by atoms with Crippen LogP contribution in [0.2, 0.25) is 0 Å². The second kappa shape index (κ2) is 4.56. The molecule has 0 atom stereocenters. The maximum atomic E-state index is 10.7. The van der Waals surface area contributed by atoms with E-state index in [1.807, 2.05) is 13.0 Å². The molecule has 2 aromatic rings. The fourth-order valence-electron chi connectivity index (χ4n) is 1.26. The van der Waals surface area contributed by atoms with Crippen molar-refractivity contribution >= 4 is 17.5 Å². The molecule has 0 unspecified atom stereocenters. The van der Waals surface area contributed by atoms with Gasteiger partial charge in [-0.05, 0) is 18.6 Å². The highest BCUT2D eigenvalue weighted by Gasteiger charge is 2.06. The molecule has 0 saturated heterocycles. The summed E-state index contributed by atoms with van der Waals surface area (Å²) < 4.78 is 0. The van der Waals surface area contributed by atoms with Gasteiger partial charge in [0.25, 0.3) is 0 Å². The Morgan fingerprint density at radius 1 is 1.29 bits per heavy atom. The Morgan fingerprint density at radius 2 is 2.12 bits per heavy atom. The number of pyridine rings is 1. The van der Waals surface area contributed by atoms with Crippen LogP contribution in [0.4, 0.5) is 11.5 Å². The molecule has 0 amide bonds. The highest BCUT2D eigenvalue weighted by Crippen LogP contribution is 2.16. The summed E-state index contributed by atoms with van der Waals surface area (Å²) in [5, 5.41) is 11.8. The van der Waals surface area contributed by atoms with E-state index in [1.54, 1.807) is 12.4 Å². The molecule has 17 heavy (non-hydrogen) atoms. The van der Waals surface area contributed by atoms with Gasteiger partial charge in [-0.25, -0.2) is 9.78 Å². The molecule has 2 aromatic heterocycles. The summed E-state index contributed by atoms with van der Waals surface area (Å²) in [6.45, 7) is 1.92. The van der Waals surface area contributed by atoms with Crippen molar-refractivity contribution in [2.75, 3.05) is 5.32 Å². The van der Waals surface area contributed by atoms with Gasteiger partial charge in [0.1, 0.15) is 5.82 Å². The summed E-state index contributed by atoms with van der Waals surface area (Å²) >= 11 is 0. The lowest BCUT2D eigenvalue weighted by Crippen LogP contribution is -2.04. The molecule has 86 valence electrons. The highest BCUT2D eigenvalue weighted by atomic mass is 16.4. The number of nitrogens with one attached hydrogen (secondary N) is 1. The second-order valence-electron chi connectivity index (χ2n) is 3.41. The molecular weight excluding hydrogens is 220 g/mol. The van der Waals surface area contributed by atoms with Crippen molar-refractivity contribution in [1.82, 2.24) is 15.0 Å². The summed E-state index contributed by atoms with van der Waals surface area (Å²) in [4.78, 5) is 22.4. The Hall–Kier alpha value is -2.50. The first-order chi connectivity index (χ1) is 8.16. The van der Waals surface area contributed by atoms with E-state index in [-0.39, 0.29) is 5.69 Å². The van der Waals surface area contributed by atoms with Gasteiger partial charge in [-0.3, -0.25) is 9.97 Å². The van der Waals surface area contributed by atoms with Crippen LogP contribution < -0.4 is 5.32 Å². The van der Waals surface area contributed by atoms with E-state index in [0.717, 1.165) is 11.3 Å². The van der Waals surface area contributed by atoms with Crippen molar-refractivity contribution in [3.05, 3.63) is 42.1 Å². The van der Waals surface area contributed by atoms with Crippen LogP contribution in [0, 0.1) is 6.92 Å². The number of rotatable bonds is 3. The Labute approximate surface area is 97.4 Å². The van der Waals surface area contributed by atoms with Gasteiger partial charge in [-0.15, -0.1) is 0 Å². The lowest BCUT2D eigenvalue weighted by Gasteiger charge is -2.07. The fraction of sp³-hybridized carbons (Fsp3) is 0.0909. The zero-order valence-corrected chi connectivity index (χ0v) is 9.08. The molecule has 0 bridgehead atoms. The minimum absolute atomic E-state index is 0.100. The van der Waals surface area contributed by atoms with Crippen molar-refractivity contribution in [2.24, 2.45) is 0 Å². The molecule has 0 fully saturated rings. The van der Waals surface area contributed by atoms with Gasteiger partial charge in [0.05, 0.1) is 24.3 Å². The van der Waals surface area contributed by atoms with Gasteiger partial charge in [-0.1, -0.05) is 0 Å². The topological polar surface area (TPSA) is 88.0 Å². The van der Waals surface area contributed by atoms with Crippen molar-refractivity contribution in [1.29, 1.82) is 0 Å². The molecule has 2 N–H and O–H groups in total. The number of hydrogen-bond acceptors (Lipinski definition) is 5. The molecular formula is C11H10N4O2. The number of nitrogens with zero attached hydrogens (tertiary/aromatic N) is 3. The summed E-state index contributed by atoms with van der Waals surface area (Å²) in [6, 6.07) is 1.84. The number of carboxylic acids is 1. The summed E-state index contributed by atoms with van der Waals surface area (Å²) in [5.74, 6) is -0.731. The predicted octanol–water partition coefficient (Wildman–Crippen LogP) is 1.62. The number of aryl methyl sites for hydroxylation is 1. The summed E-state index contributed by atoms with van der Waals surface area (Å²) in [6.07, 6.45) is 5.98. The van der Waals surface area contributed by atoms with Crippen molar-refractivity contribution in [3.63, 3.8) is 0 Å². The average molecular weight is 230 g/mol. The van der Waals surface area contributed by atoms with E-state index in [4.69, 9.17) is 5.11 Å². The van der Waals surface area contributed by atoms with Crippen LogP contribution in [-0.2, 0) is 0 Å². The molecule has 0 spiro atoms. The molecule has 6 nitrogen and oxygen atoms in total. The van der Waals surface area contributed by atoms with Crippen LogP contribution in [0.1, 0.15) is 16.1 Å². The van der Waals surface area contributed by atoms with Crippen LogP contribution in [-0.4, -0.2) is 26.0 Å². The first-order valence-corrected chi connectivity index (χ1v) is 4.90. The Kier molecular flexibility index (Phi) is 2.95. The van der Waals surface area contributed by atoms with Crippen molar-refractivity contribution in [3.8, 4) is 0 Å². The SMILES string of the molecule is Cc1ccncc1Nc1cncc(C(=O)O)n1. The Balaban J connectivity index is 2.28. The third kappa shape index (κ3) is 2.54. The largest absolute Gasteiger partial charge is 0.476 e. The van der Waals surface area contributed by atoms with Crippen LogP contribution in [0.15, 0.2) is 30.9 Å². The number of aromatic carboxylic acids is 1. The number of hydrogen-bond donors (Lipinski definition) is 2. The van der Waals surface area contributed by atoms with Crippen LogP contribution in [0.5, 0.6) is 0 Å². The van der Waals surface area contributed by atoms with Gasteiger partial charge in [-0.2, -0.15) is 0 Å². The van der Waals surface area contributed by atoms with Crippen molar-refractivity contribution < 1.29 is 9.90 Å². The monoisotopic (exact) mass is 230 g/mol. The van der Waals surface area contributed by atoms with Gasteiger partial charge in [0, 0.05) is 6.20 Å². The maximum Gasteiger partial charge on any atom is 0.356 e. The average Bonchev–Trinajstić information content (AvgIpc) is 2.32. The van der Waals surface area contributed by atoms with E-state index in [9.17, 15) is 4.79 Å². The third-order valence-electron chi connectivity index (χ3n) is 2.16.